The van der Waals surface area contributed by atoms with E-state index in [1.54, 1.807) is 6.33 Å². The van der Waals surface area contributed by atoms with E-state index in [2.05, 4.69) is 29.2 Å². The molecule has 0 bridgehead atoms. The fourth-order valence-electron chi connectivity index (χ4n) is 5.06. The molecule has 2 aliphatic rings. The number of likely N-dealkylation sites (tertiary alicyclic amines) is 1. The molecule has 0 N–H and O–H groups in total. The first-order valence-corrected chi connectivity index (χ1v) is 10.8. The summed E-state index contributed by atoms with van der Waals surface area (Å²) < 4.78 is 40.8. The van der Waals surface area contributed by atoms with Gasteiger partial charge < -0.3 is 9.47 Å². The number of hydrogen-bond donors (Lipinski definition) is 0. The lowest BCUT2D eigenvalue weighted by Crippen LogP contribution is -2.39. The van der Waals surface area contributed by atoms with E-state index in [-0.39, 0.29) is 11.9 Å². The van der Waals surface area contributed by atoms with Gasteiger partial charge in [-0.2, -0.15) is 13.2 Å². The van der Waals surface area contributed by atoms with Crippen LogP contribution in [-0.2, 0) is 23.8 Å². The average molecular weight is 427 g/mol. The number of rotatable bonds is 3. The molecule has 5 rings (SSSR count). The summed E-state index contributed by atoms with van der Waals surface area (Å²) >= 11 is 0. The third-order valence-electron chi connectivity index (χ3n) is 6.71. The maximum Gasteiger partial charge on any atom is 0.416 e. The highest BCUT2D eigenvalue weighted by Crippen LogP contribution is 2.34. The van der Waals surface area contributed by atoms with Crippen molar-refractivity contribution in [3.63, 3.8) is 0 Å². The molecule has 2 aromatic carbocycles. The minimum atomic E-state index is -4.37. The highest BCUT2D eigenvalue weighted by atomic mass is 19.4. The molecule has 31 heavy (non-hydrogen) atoms. The van der Waals surface area contributed by atoms with Crippen molar-refractivity contribution in [3.05, 3.63) is 65.5 Å². The van der Waals surface area contributed by atoms with Crippen molar-refractivity contribution in [3.8, 4) is 0 Å². The highest BCUT2D eigenvalue weighted by molar-refractivity contribution is 5.77. The number of fused-ring (bicyclic) bond motifs is 2. The van der Waals surface area contributed by atoms with Gasteiger partial charge in [0.25, 0.3) is 0 Å². The Bertz CT molecular complexity index is 1090. The topological polar surface area (TPSA) is 38.1 Å². The largest absolute Gasteiger partial charge is 0.416 e. The van der Waals surface area contributed by atoms with E-state index in [0.29, 0.717) is 36.5 Å². The molecule has 1 aliphatic heterocycles. The van der Waals surface area contributed by atoms with Crippen LogP contribution in [0.1, 0.15) is 42.0 Å². The molecule has 0 atom stereocenters. The van der Waals surface area contributed by atoms with Crippen molar-refractivity contribution in [1.82, 2.24) is 14.5 Å². The molecule has 0 spiro atoms. The van der Waals surface area contributed by atoms with Gasteiger partial charge in [-0.3, -0.25) is 4.79 Å². The zero-order valence-corrected chi connectivity index (χ0v) is 17.1. The molecular weight excluding hydrogens is 403 g/mol. The van der Waals surface area contributed by atoms with Gasteiger partial charge in [0.2, 0.25) is 5.91 Å². The van der Waals surface area contributed by atoms with Crippen LogP contribution in [0, 0.1) is 5.92 Å². The van der Waals surface area contributed by atoms with Gasteiger partial charge in [0.15, 0.2) is 0 Å². The first kappa shape index (κ1) is 20.1. The molecule has 1 aromatic heterocycles. The maximum atomic E-state index is 12.9. The van der Waals surface area contributed by atoms with Crippen molar-refractivity contribution >= 4 is 16.9 Å². The van der Waals surface area contributed by atoms with Crippen LogP contribution in [0.15, 0.2) is 48.8 Å². The second-order valence-electron chi connectivity index (χ2n) is 8.71. The van der Waals surface area contributed by atoms with Crippen LogP contribution < -0.4 is 0 Å². The molecular formula is C24H24F3N3O. The van der Waals surface area contributed by atoms with Gasteiger partial charge in [0, 0.05) is 25.6 Å². The summed E-state index contributed by atoms with van der Waals surface area (Å²) in [5.41, 5.74) is 3.11. The van der Waals surface area contributed by atoms with E-state index in [0.717, 1.165) is 37.8 Å². The van der Waals surface area contributed by atoms with Crippen LogP contribution >= 0.6 is 0 Å². The van der Waals surface area contributed by atoms with Crippen molar-refractivity contribution in [2.75, 3.05) is 13.1 Å². The van der Waals surface area contributed by atoms with E-state index >= 15 is 0 Å². The summed E-state index contributed by atoms with van der Waals surface area (Å²) in [4.78, 5) is 19.0. The third-order valence-corrected chi connectivity index (χ3v) is 6.71. The van der Waals surface area contributed by atoms with Gasteiger partial charge >= 0.3 is 6.18 Å². The van der Waals surface area contributed by atoms with Gasteiger partial charge in [-0.25, -0.2) is 4.98 Å². The van der Waals surface area contributed by atoms with E-state index in [1.165, 1.54) is 17.2 Å². The Morgan fingerprint density at radius 3 is 2.35 bits per heavy atom. The van der Waals surface area contributed by atoms with Crippen LogP contribution in [0.5, 0.6) is 0 Å². The Kier molecular flexibility index (Phi) is 4.99. The normalized spacial score (nSPS) is 18.0. The molecule has 3 aromatic rings. The summed E-state index contributed by atoms with van der Waals surface area (Å²) in [5.74, 6) is 0.588. The second-order valence-corrected chi connectivity index (χ2v) is 8.71. The molecule has 1 amide bonds. The van der Waals surface area contributed by atoms with Gasteiger partial charge in [0.05, 0.1) is 22.9 Å². The molecule has 1 saturated heterocycles. The number of imidazole rings is 1. The maximum absolute atomic E-state index is 12.9. The number of nitrogens with zero attached hydrogens (tertiary/aromatic N) is 3. The average Bonchev–Trinajstić information content (AvgIpc) is 3.36. The Balaban J connectivity index is 1.20. The Morgan fingerprint density at radius 1 is 1.03 bits per heavy atom. The number of piperidine rings is 1. The number of amides is 1. The van der Waals surface area contributed by atoms with Gasteiger partial charge in [0.1, 0.15) is 0 Å². The first-order valence-electron chi connectivity index (χ1n) is 10.8. The molecule has 4 nitrogen and oxygen atoms in total. The Labute approximate surface area is 178 Å². The van der Waals surface area contributed by atoms with Crippen LogP contribution in [-0.4, -0.2) is 33.4 Å². The second kappa shape index (κ2) is 7.70. The standard InChI is InChI=1S/C24H24F3N3O/c25-24(26,27)19-5-6-22-21(14-19)28-15-30(22)20-7-9-29(10-8-20)23(31)13-16-11-17-3-1-2-4-18(17)12-16/h1-6,14-16,20H,7-13H2. The molecule has 1 fully saturated rings. The van der Waals surface area contributed by atoms with Crippen LogP contribution in [0.25, 0.3) is 11.0 Å². The van der Waals surface area contributed by atoms with Gasteiger partial charge in [-0.05, 0) is 60.9 Å². The number of alkyl halides is 3. The fourth-order valence-corrected chi connectivity index (χ4v) is 5.06. The number of halogens is 3. The SMILES string of the molecule is O=C(CC1Cc2ccccc2C1)N1CCC(n2cnc3cc(C(F)(F)F)ccc32)CC1. The summed E-state index contributed by atoms with van der Waals surface area (Å²) in [6.07, 6.45) is 1.34. The van der Waals surface area contributed by atoms with Crippen molar-refractivity contribution < 1.29 is 18.0 Å². The zero-order valence-electron chi connectivity index (χ0n) is 17.1. The Morgan fingerprint density at radius 2 is 1.71 bits per heavy atom. The lowest BCUT2D eigenvalue weighted by Gasteiger charge is -2.33. The molecule has 1 aliphatic carbocycles. The van der Waals surface area contributed by atoms with E-state index < -0.39 is 11.7 Å². The van der Waals surface area contributed by atoms with Crippen LogP contribution in [0.4, 0.5) is 13.2 Å². The minimum Gasteiger partial charge on any atom is -0.343 e. The molecule has 0 unspecified atom stereocenters. The Hall–Kier alpha value is -2.83. The first-order chi connectivity index (χ1) is 14.9. The predicted molar refractivity (Wildman–Crippen MR) is 112 cm³/mol. The van der Waals surface area contributed by atoms with Gasteiger partial charge in [-0.1, -0.05) is 24.3 Å². The smallest absolute Gasteiger partial charge is 0.343 e. The van der Waals surface area contributed by atoms with E-state index in [9.17, 15) is 18.0 Å². The summed E-state index contributed by atoms with van der Waals surface area (Å²) in [5, 5.41) is 0. The summed E-state index contributed by atoms with van der Waals surface area (Å²) in [6, 6.07) is 12.3. The molecule has 7 heteroatoms. The van der Waals surface area contributed by atoms with E-state index in [1.807, 2.05) is 9.47 Å². The quantitative estimate of drug-likeness (QED) is 0.589. The molecule has 162 valence electrons. The van der Waals surface area contributed by atoms with Crippen LogP contribution in [0.3, 0.4) is 0 Å². The fraction of sp³-hybridized carbons (Fsp3) is 0.417. The number of carbonyl (C=O) groups is 1. The minimum absolute atomic E-state index is 0.140. The predicted octanol–water partition coefficient (Wildman–Crippen LogP) is 5.02. The van der Waals surface area contributed by atoms with Crippen molar-refractivity contribution in [2.24, 2.45) is 5.92 Å². The monoisotopic (exact) mass is 427 g/mol. The number of aromatic nitrogens is 2. The third kappa shape index (κ3) is 3.93. The molecule has 0 saturated carbocycles. The lowest BCUT2D eigenvalue weighted by molar-refractivity contribution is -0.137. The van der Waals surface area contributed by atoms with E-state index in [4.69, 9.17) is 0 Å². The number of hydrogen-bond acceptors (Lipinski definition) is 2. The number of carbonyl (C=O) groups excluding carboxylic acids is 1. The number of benzene rings is 2. The van der Waals surface area contributed by atoms with Crippen LogP contribution in [0.2, 0.25) is 0 Å². The zero-order chi connectivity index (χ0) is 21.6. The van der Waals surface area contributed by atoms with Crippen molar-refractivity contribution in [2.45, 2.75) is 44.3 Å². The summed E-state index contributed by atoms with van der Waals surface area (Å²) in [6.45, 7) is 1.34. The van der Waals surface area contributed by atoms with Crippen molar-refractivity contribution in [1.29, 1.82) is 0 Å². The summed E-state index contributed by atoms with van der Waals surface area (Å²) in [7, 11) is 0. The molecule has 0 radical (unpaired) electrons. The van der Waals surface area contributed by atoms with Gasteiger partial charge in [-0.15, -0.1) is 0 Å². The lowest BCUT2D eigenvalue weighted by atomic mass is 9.99. The molecule has 2 heterocycles. The highest BCUT2D eigenvalue weighted by Gasteiger charge is 2.32.